The molecule has 0 radical (unpaired) electrons. The van der Waals surface area contributed by atoms with Gasteiger partial charge in [0.2, 0.25) is 0 Å². The summed E-state index contributed by atoms with van der Waals surface area (Å²) < 4.78 is 11.1. The van der Waals surface area contributed by atoms with E-state index in [4.69, 9.17) is 9.47 Å². The van der Waals surface area contributed by atoms with Gasteiger partial charge in [0, 0.05) is 13.0 Å². The molecule has 1 aliphatic rings. The summed E-state index contributed by atoms with van der Waals surface area (Å²) in [5.41, 5.74) is -0.146. The number of ether oxygens (including phenoxy) is 2. The molecular formula is C22H25NO4. The maximum absolute atomic E-state index is 13.1. The van der Waals surface area contributed by atoms with Gasteiger partial charge >= 0.3 is 12.1 Å². The van der Waals surface area contributed by atoms with Crippen LogP contribution in [-0.4, -0.2) is 29.1 Å². The number of carbonyl (C=O) groups excluding carboxylic acids is 2. The minimum Gasteiger partial charge on any atom is -0.458 e. The van der Waals surface area contributed by atoms with Crippen LogP contribution in [0, 0.1) is 0 Å². The van der Waals surface area contributed by atoms with Crippen molar-refractivity contribution in [2.24, 2.45) is 0 Å². The average molecular weight is 367 g/mol. The lowest BCUT2D eigenvalue weighted by molar-refractivity contribution is -0.179. The number of benzene rings is 2. The van der Waals surface area contributed by atoms with Gasteiger partial charge in [0.25, 0.3) is 0 Å². The molecule has 0 bridgehead atoms. The predicted octanol–water partition coefficient (Wildman–Crippen LogP) is 4.27. The highest BCUT2D eigenvalue weighted by atomic mass is 16.6. The Hall–Kier alpha value is -2.82. The van der Waals surface area contributed by atoms with Crippen molar-refractivity contribution in [1.82, 2.24) is 4.90 Å². The van der Waals surface area contributed by atoms with Crippen LogP contribution >= 0.6 is 0 Å². The van der Waals surface area contributed by atoms with E-state index in [9.17, 15) is 9.59 Å². The minimum atomic E-state index is -1.14. The van der Waals surface area contributed by atoms with Crippen LogP contribution in [0.4, 0.5) is 4.79 Å². The summed E-state index contributed by atoms with van der Waals surface area (Å²) >= 11 is 0. The summed E-state index contributed by atoms with van der Waals surface area (Å²) in [7, 11) is 0. The van der Waals surface area contributed by atoms with Gasteiger partial charge in [0.05, 0.1) is 0 Å². The first-order chi connectivity index (χ1) is 12.8. The van der Waals surface area contributed by atoms with Gasteiger partial charge in [-0.15, -0.1) is 0 Å². The molecule has 1 aliphatic heterocycles. The van der Waals surface area contributed by atoms with E-state index in [0.29, 0.717) is 13.0 Å². The molecule has 1 heterocycles. The number of likely N-dealkylation sites (tertiary alicyclic amines) is 1. The number of nitrogens with zero attached hydrogens (tertiary/aromatic N) is 1. The number of hydrogen-bond acceptors (Lipinski definition) is 4. The van der Waals surface area contributed by atoms with Crippen molar-refractivity contribution in [3.63, 3.8) is 0 Å². The molecule has 0 saturated carbocycles. The lowest BCUT2D eigenvalue weighted by Gasteiger charge is -2.50. The zero-order valence-corrected chi connectivity index (χ0v) is 16.0. The predicted molar refractivity (Wildman–Crippen MR) is 102 cm³/mol. The molecule has 0 N–H and O–H groups in total. The van der Waals surface area contributed by atoms with Gasteiger partial charge in [-0.25, -0.2) is 9.59 Å². The smallest absolute Gasteiger partial charge is 0.411 e. The molecule has 0 spiro atoms. The number of rotatable bonds is 4. The Morgan fingerprint density at radius 3 is 2.11 bits per heavy atom. The first kappa shape index (κ1) is 19.0. The van der Waals surface area contributed by atoms with Crippen molar-refractivity contribution in [2.45, 2.75) is 44.9 Å². The maximum atomic E-state index is 13.1. The zero-order chi connectivity index (χ0) is 19.5. The summed E-state index contributed by atoms with van der Waals surface area (Å²) in [5, 5.41) is 0. The van der Waals surface area contributed by atoms with Gasteiger partial charge in [-0.2, -0.15) is 0 Å². The summed E-state index contributed by atoms with van der Waals surface area (Å²) in [6.07, 6.45) is -0.00775. The molecule has 1 atom stereocenters. The Kier molecular flexibility index (Phi) is 5.22. The molecule has 2 aromatic rings. The molecule has 1 saturated heterocycles. The second-order valence-corrected chi connectivity index (χ2v) is 7.67. The van der Waals surface area contributed by atoms with Crippen LogP contribution in [0.15, 0.2) is 60.7 Å². The Balaban J connectivity index is 1.83. The second-order valence-electron chi connectivity index (χ2n) is 7.67. The lowest BCUT2D eigenvalue weighted by atomic mass is 9.78. The van der Waals surface area contributed by atoms with Crippen molar-refractivity contribution >= 4 is 12.1 Å². The minimum absolute atomic E-state index is 0.162. The van der Waals surface area contributed by atoms with Gasteiger partial charge in [-0.05, 0) is 31.9 Å². The van der Waals surface area contributed by atoms with Crippen LogP contribution in [0.2, 0.25) is 0 Å². The molecule has 1 fully saturated rings. The summed E-state index contributed by atoms with van der Waals surface area (Å²) in [4.78, 5) is 27.3. The Bertz CT molecular complexity index is 798. The quantitative estimate of drug-likeness (QED) is 0.758. The van der Waals surface area contributed by atoms with Gasteiger partial charge in [-0.3, -0.25) is 4.90 Å². The molecule has 5 nitrogen and oxygen atoms in total. The van der Waals surface area contributed by atoms with E-state index < -0.39 is 23.2 Å². The van der Waals surface area contributed by atoms with E-state index in [1.54, 1.807) is 0 Å². The van der Waals surface area contributed by atoms with Crippen LogP contribution in [0.5, 0.6) is 0 Å². The molecule has 1 amide bonds. The molecule has 0 aromatic heterocycles. The fraction of sp³-hybridized carbons (Fsp3) is 0.364. The number of amides is 1. The van der Waals surface area contributed by atoms with Crippen LogP contribution in [0.3, 0.4) is 0 Å². The number of esters is 1. The monoisotopic (exact) mass is 367 g/mol. The van der Waals surface area contributed by atoms with Crippen molar-refractivity contribution in [3.8, 4) is 0 Å². The third kappa shape index (κ3) is 3.97. The van der Waals surface area contributed by atoms with Gasteiger partial charge in [0.15, 0.2) is 5.54 Å². The Morgan fingerprint density at radius 1 is 1.00 bits per heavy atom. The molecule has 2 aromatic carbocycles. The average Bonchev–Trinajstić information content (AvgIpc) is 2.60. The third-order valence-corrected chi connectivity index (χ3v) is 4.57. The van der Waals surface area contributed by atoms with Crippen LogP contribution in [-0.2, 0) is 26.4 Å². The topological polar surface area (TPSA) is 55.8 Å². The summed E-state index contributed by atoms with van der Waals surface area (Å²) in [5.74, 6) is -0.427. The Labute approximate surface area is 159 Å². The summed E-state index contributed by atoms with van der Waals surface area (Å²) in [6.45, 7) is 6.07. The van der Waals surface area contributed by atoms with E-state index in [1.165, 1.54) is 4.90 Å². The summed E-state index contributed by atoms with van der Waals surface area (Å²) in [6, 6.07) is 18.8. The number of hydrogen-bond donors (Lipinski definition) is 0. The first-order valence-corrected chi connectivity index (χ1v) is 9.10. The van der Waals surface area contributed by atoms with E-state index in [1.807, 2.05) is 81.4 Å². The molecule has 3 rings (SSSR count). The van der Waals surface area contributed by atoms with Gasteiger partial charge < -0.3 is 9.47 Å². The van der Waals surface area contributed by atoms with Crippen molar-refractivity contribution < 1.29 is 19.1 Å². The largest absolute Gasteiger partial charge is 0.458 e. The fourth-order valence-electron chi connectivity index (χ4n) is 3.20. The molecule has 142 valence electrons. The lowest BCUT2D eigenvalue weighted by Crippen LogP contribution is -2.65. The standard InChI is InChI=1S/C22H25NO4/c1-21(2,3)27-19(24)22(18-12-8-5-9-13-18)14-15-23(22)20(25)26-16-17-10-6-4-7-11-17/h4-13H,14-16H2,1-3H3/t22-/m1/s1. The SMILES string of the molecule is CC(C)(C)OC(=O)[C@]1(c2ccccc2)CCN1C(=O)OCc1ccccc1. The van der Waals surface area contributed by atoms with Gasteiger partial charge in [0.1, 0.15) is 12.2 Å². The van der Waals surface area contributed by atoms with Crippen molar-refractivity contribution in [2.75, 3.05) is 6.54 Å². The first-order valence-electron chi connectivity index (χ1n) is 9.10. The van der Waals surface area contributed by atoms with E-state index in [2.05, 4.69) is 0 Å². The Morgan fingerprint density at radius 2 is 1.59 bits per heavy atom. The molecule has 0 unspecified atom stereocenters. The highest BCUT2D eigenvalue weighted by Crippen LogP contribution is 2.43. The molecule has 5 heteroatoms. The fourth-order valence-corrected chi connectivity index (χ4v) is 3.20. The highest BCUT2D eigenvalue weighted by molar-refractivity contribution is 5.89. The van der Waals surface area contributed by atoms with Crippen LogP contribution in [0.25, 0.3) is 0 Å². The highest BCUT2D eigenvalue weighted by Gasteiger charge is 2.57. The second kappa shape index (κ2) is 7.43. The van der Waals surface area contributed by atoms with Crippen LogP contribution < -0.4 is 0 Å². The molecule has 27 heavy (non-hydrogen) atoms. The third-order valence-electron chi connectivity index (χ3n) is 4.57. The maximum Gasteiger partial charge on any atom is 0.411 e. The van der Waals surface area contributed by atoms with E-state index in [0.717, 1.165) is 11.1 Å². The van der Waals surface area contributed by atoms with E-state index >= 15 is 0 Å². The molecular weight excluding hydrogens is 342 g/mol. The van der Waals surface area contributed by atoms with Crippen LogP contribution in [0.1, 0.15) is 38.3 Å². The van der Waals surface area contributed by atoms with E-state index in [-0.39, 0.29) is 6.61 Å². The van der Waals surface area contributed by atoms with Gasteiger partial charge in [-0.1, -0.05) is 60.7 Å². The normalized spacial score (nSPS) is 19.1. The molecule has 0 aliphatic carbocycles. The zero-order valence-electron chi connectivity index (χ0n) is 16.0. The van der Waals surface area contributed by atoms with Crippen molar-refractivity contribution in [3.05, 3.63) is 71.8 Å². The van der Waals surface area contributed by atoms with Crippen molar-refractivity contribution in [1.29, 1.82) is 0 Å². The number of carbonyl (C=O) groups is 2.